The molecule has 1 saturated heterocycles. The van der Waals surface area contributed by atoms with Crippen molar-refractivity contribution >= 4 is 5.69 Å². The monoisotopic (exact) mass is 216 g/mol. The predicted molar refractivity (Wildman–Crippen MR) is 51.7 cm³/mol. The van der Waals surface area contributed by atoms with Gasteiger partial charge in [0.1, 0.15) is 0 Å². The van der Waals surface area contributed by atoms with Crippen LogP contribution in [0, 0.1) is 0 Å². The van der Waals surface area contributed by atoms with Crippen LogP contribution in [0.4, 0.5) is 18.9 Å². The number of hydrogen-bond acceptors (Lipinski definition) is 2. The van der Waals surface area contributed by atoms with Crippen LogP contribution < -0.4 is 10.2 Å². The van der Waals surface area contributed by atoms with Crippen molar-refractivity contribution < 1.29 is 13.2 Å². The Morgan fingerprint density at radius 2 is 1.80 bits per heavy atom. The summed E-state index contributed by atoms with van der Waals surface area (Å²) in [6.07, 6.45) is -4.25. The third-order valence-electron chi connectivity index (χ3n) is 2.42. The van der Waals surface area contributed by atoms with Crippen molar-refractivity contribution in [2.75, 3.05) is 24.7 Å². The Labute approximate surface area is 85.7 Å². The first-order valence-corrected chi connectivity index (χ1v) is 4.70. The summed E-state index contributed by atoms with van der Waals surface area (Å²) in [5, 5.41) is 3.12. The highest BCUT2D eigenvalue weighted by atomic mass is 19.4. The van der Waals surface area contributed by atoms with E-state index in [0.29, 0.717) is 6.67 Å². The van der Waals surface area contributed by atoms with Gasteiger partial charge < -0.3 is 4.90 Å². The molecule has 1 fully saturated rings. The zero-order valence-corrected chi connectivity index (χ0v) is 8.01. The zero-order chi connectivity index (χ0) is 10.9. The first-order valence-electron chi connectivity index (χ1n) is 4.70. The fourth-order valence-corrected chi connectivity index (χ4v) is 1.59. The highest BCUT2D eigenvalue weighted by Crippen LogP contribution is 2.30. The van der Waals surface area contributed by atoms with E-state index in [1.165, 1.54) is 12.1 Å². The molecule has 0 aliphatic carbocycles. The lowest BCUT2D eigenvalue weighted by Crippen LogP contribution is -2.21. The molecule has 2 rings (SSSR count). The summed E-state index contributed by atoms with van der Waals surface area (Å²) in [7, 11) is 0. The molecule has 1 aromatic rings. The lowest BCUT2D eigenvalue weighted by Gasteiger charge is -2.17. The molecule has 0 aromatic heterocycles. The summed E-state index contributed by atoms with van der Waals surface area (Å²) in [5.41, 5.74) is 0.228. The first-order chi connectivity index (χ1) is 7.07. The van der Waals surface area contributed by atoms with Crippen LogP contribution in [0.25, 0.3) is 0 Å². The van der Waals surface area contributed by atoms with Crippen molar-refractivity contribution in [2.45, 2.75) is 6.18 Å². The van der Waals surface area contributed by atoms with Crippen LogP contribution in [0.15, 0.2) is 24.3 Å². The number of halogens is 3. The van der Waals surface area contributed by atoms with Crippen LogP contribution in [0.2, 0.25) is 0 Å². The van der Waals surface area contributed by atoms with Gasteiger partial charge in [-0.3, -0.25) is 5.32 Å². The van der Waals surface area contributed by atoms with Crippen molar-refractivity contribution in [1.29, 1.82) is 0 Å². The number of nitrogens with one attached hydrogen (secondary N) is 1. The van der Waals surface area contributed by atoms with Gasteiger partial charge in [-0.2, -0.15) is 13.2 Å². The predicted octanol–water partition coefficient (Wildman–Crippen LogP) is 2.07. The number of benzene rings is 1. The highest BCUT2D eigenvalue weighted by Gasteiger charge is 2.30. The van der Waals surface area contributed by atoms with Gasteiger partial charge in [-0.05, 0) is 24.3 Å². The summed E-state index contributed by atoms with van der Waals surface area (Å²) < 4.78 is 36.8. The average Bonchev–Trinajstić information content (AvgIpc) is 2.69. The van der Waals surface area contributed by atoms with Crippen molar-refractivity contribution in [3.05, 3.63) is 29.8 Å². The lowest BCUT2D eigenvalue weighted by atomic mass is 10.2. The Kier molecular flexibility index (Phi) is 2.56. The molecule has 2 nitrogen and oxygen atoms in total. The minimum absolute atomic E-state index is 0.599. The summed E-state index contributed by atoms with van der Waals surface area (Å²) in [6.45, 7) is 2.41. The Balaban J connectivity index is 2.16. The van der Waals surface area contributed by atoms with Gasteiger partial charge in [0.15, 0.2) is 0 Å². The van der Waals surface area contributed by atoms with Crippen molar-refractivity contribution in [3.63, 3.8) is 0 Å². The molecular formula is C10H11F3N2. The van der Waals surface area contributed by atoms with E-state index in [1.807, 2.05) is 4.90 Å². The van der Waals surface area contributed by atoms with E-state index in [1.54, 1.807) is 0 Å². The smallest absolute Gasteiger partial charge is 0.357 e. The summed E-state index contributed by atoms with van der Waals surface area (Å²) >= 11 is 0. The van der Waals surface area contributed by atoms with Gasteiger partial charge in [0.25, 0.3) is 0 Å². The zero-order valence-electron chi connectivity index (χ0n) is 8.01. The van der Waals surface area contributed by atoms with Crippen LogP contribution in [-0.2, 0) is 6.18 Å². The summed E-state index contributed by atoms with van der Waals surface area (Å²) in [4.78, 5) is 2.00. The minimum atomic E-state index is -4.25. The molecule has 0 saturated carbocycles. The number of rotatable bonds is 1. The number of anilines is 1. The van der Waals surface area contributed by atoms with E-state index < -0.39 is 11.7 Å². The van der Waals surface area contributed by atoms with Gasteiger partial charge in [-0.15, -0.1) is 0 Å². The van der Waals surface area contributed by atoms with Crippen LogP contribution >= 0.6 is 0 Å². The Morgan fingerprint density at radius 3 is 2.27 bits per heavy atom. The third-order valence-corrected chi connectivity index (χ3v) is 2.42. The Bertz CT molecular complexity index is 326. The molecule has 82 valence electrons. The normalized spacial score (nSPS) is 17.1. The fourth-order valence-electron chi connectivity index (χ4n) is 1.59. The molecule has 0 spiro atoms. The van der Waals surface area contributed by atoms with Gasteiger partial charge >= 0.3 is 6.18 Å². The van der Waals surface area contributed by atoms with E-state index >= 15 is 0 Å². The molecule has 0 unspecified atom stereocenters. The van der Waals surface area contributed by atoms with E-state index in [2.05, 4.69) is 5.32 Å². The fraction of sp³-hybridized carbons (Fsp3) is 0.400. The lowest BCUT2D eigenvalue weighted by molar-refractivity contribution is -0.137. The van der Waals surface area contributed by atoms with Gasteiger partial charge in [-0.25, -0.2) is 0 Å². The second-order valence-electron chi connectivity index (χ2n) is 3.47. The Morgan fingerprint density at radius 1 is 1.13 bits per heavy atom. The largest absolute Gasteiger partial charge is 0.416 e. The van der Waals surface area contributed by atoms with Crippen molar-refractivity contribution in [2.24, 2.45) is 0 Å². The van der Waals surface area contributed by atoms with E-state index in [4.69, 9.17) is 0 Å². The summed E-state index contributed by atoms with van der Waals surface area (Å²) in [6, 6.07) is 5.26. The molecular weight excluding hydrogens is 205 g/mol. The van der Waals surface area contributed by atoms with Gasteiger partial charge in [0, 0.05) is 18.8 Å². The molecule has 0 bridgehead atoms. The second kappa shape index (κ2) is 3.73. The standard InChI is InChI=1S/C10H11F3N2/c11-10(12,13)8-1-3-9(4-2-8)15-6-5-14-7-15/h1-4,14H,5-7H2. The van der Waals surface area contributed by atoms with Gasteiger partial charge in [-0.1, -0.05) is 0 Å². The second-order valence-corrected chi connectivity index (χ2v) is 3.47. The van der Waals surface area contributed by atoms with Gasteiger partial charge in [0.05, 0.1) is 12.2 Å². The van der Waals surface area contributed by atoms with E-state index in [9.17, 15) is 13.2 Å². The molecule has 1 heterocycles. The van der Waals surface area contributed by atoms with Crippen LogP contribution in [-0.4, -0.2) is 19.8 Å². The number of nitrogens with zero attached hydrogens (tertiary/aromatic N) is 1. The minimum Gasteiger partial charge on any atom is -0.357 e. The number of alkyl halides is 3. The number of hydrogen-bond donors (Lipinski definition) is 1. The van der Waals surface area contributed by atoms with E-state index in [-0.39, 0.29) is 0 Å². The SMILES string of the molecule is FC(F)(F)c1ccc(N2CCNC2)cc1. The maximum Gasteiger partial charge on any atom is 0.416 e. The molecule has 5 heteroatoms. The van der Waals surface area contributed by atoms with Crippen molar-refractivity contribution in [3.8, 4) is 0 Å². The van der Waals surface area contributed by atoms with Crippen molar-refractivity contribution in [1.82, 2.24) is 5.32 Å². The first kappa shape index (κ1) is 10.3. The quantitative estimate of drug-likeness (QED) is 0.773. The third kappa shape index (κ3) is 2.23. The molecule has 1 aliphatic heterocycles. The summed E-state index contributed by atoms with van der Waals surface area (Å²) in [5.74, 6) is 0. The van der Waals surface area contributed by atoms with Crippen LogP contribution in [0.5, 0.6) is 0 Å². The molecule has 1 N–H and O–H groups in total. The molecule has 0 amide bonds. The highest BCUT2D eigenvalue weighted by molar-refractivity contribution is 5.48. The van der Waals surface area contributed by atoms with Crippen LogP contribution in [0.1, 0.15) is 5.56 Å². The van der Waals surface area contributed by atoms with E-state index in [0.717, 1.165) is 30.9 Å². The molecule has 15 heavy (non-hydrogen) atoms. The average molecular weight is 216 g/mol. The maximum atomic E-state index is 12.3. The van der Waals surface area contributed by atoms with Crippen LogP contribution in [0.3, 0.4) is 0 Å². The molecule has 0 radical (unpaired) electrons. The topological polar surface area (TPSA) is 15.3 Å². The Hall–Kier alpha value is -1.23. The maximum absolute atomic E-state index is 12.3. The molecule has 1 aliphatic rings. The molecule has 1 aromatic carbocycles. The molecule has 0 atom stereocenters. The van der Waals surface area contributed by atoms with Gasteiger partial charge in [0.2, 0.25) is 0 Å².